The average molecular weight is 246 g/mol. The van der Waals surface area contributed by atoms with Crippen LogP contribution < -0.4 is 0 Å². The number of piperazine rings is 1. The molecule has 0 radical (unpaired) electrons. The first-order chi connectivity index (χ1) is 8.63. The highest BCUT2D eigenvalue weighted by Crippen LogP contribution is 2.10. The summed E-state index contributed by atoms with van der Waals surface area (Å²) in [6.07, 6.45) is 0.106. The van der Waals surface area contributed by atoms with Crippen LogP contribution in [-0.2, 0) is 17.8 Å². The predicted octanol–water partition coefficient (Wildman–Crippen LogP) is -0.0206. The van der Waals surface area contributed by atoms with Crippen LogP contribution in [0.15, 0.2) is 24.3 Å². The van der Waals surface area contributed by atoms with Crippen molar-refractivity contribution in [2.75, 3.05) is 26.2 Å². The number of nitrogens with zero attached hydrogens (tertiary/aromatic N) is 2. The molecule has 1 aliphatic rings. The van der Waals surface area contributed by atoms with Crippen LogP contribution in [0.3, 0.4) is 0 Å². The van der Waals surface area contributed by atoms with Gasteiger partial charge in [0.25, 0.3) is 0 Å². The highest BCUT2D eigenvalue weighted by atomic mass is 16.4. The van der Waals surface area contributed by atoms with E-state index in [0.717, 1.165) is 38.3 Å². The van der Waals surface area contributed by atoms with E-state index in [1.54, 1.807) is 0 Å². The molecule has 1 aromatic carbocycles. The molecule has 0 bridgehead atoms. The fourth-order valence-corrected chi connectivity index (χ4v) is 2.20. The van der Waals surface area contributed by atoms with Gasteiger partial charge in [-0.05, 0) is 24.2 Å². The SMILES string of the molecule is BN1CCN(Cc2ccc(CC(=O)O)cc2)CC1. The fraction of sp³-hybridized carbons (Fsp3) is 0.462. The standard InChI is InChI=1S/C13H19BN2O2/c14-16-7-5-15(6-8-16)10-12-3-1-11(2-4-12)9-13(17)18/h1-4H,5-10,14H2,(H,17,18). The molecule has 1 saturated heterocycles. The molecule has 1 aliphatic heterocycles. The lowest BCUT2D eigenvalue weighted by molar-refractivity contribution is -0.136. The Morgan fingerprint density at radius 3 is 2.22 bits per heavy atom. The van der Waals surface area contributed by atoms with E-state index >= 15 is 0 Å². The number of carboxylic acid groups (broad SMARTS) is 1. The Kier molecular flexibility index (Phi) is 4.39. The first-order valence-electron chi connectivity index (χ1n) is 6.34. The van der Waals surface area contributed by atoms with Gasteiger partial charge in [0.1, 0.15) is 0 Å². The van der Waals surface area contributed by atoms with Crippen LogP contribution in [0.25, 0.3) is 0 Å². The van der Waals surface area contributed by atoms with Gasteiger partial charge in [-0.15, -0.1) is 0 Å². The Morgan fingerprint density at radius 1 is 1.11 bits per heavy atom. The molecule has 1 N–H and O–H groups in total. The third-order valence-electron chi connectivity index (χ3n) is 3.38. The minimum absolute atomic E-state index is 0.106. The van der Waals surface area contributed by atoms with Crippen LogP contribution in [0.5, 0.6) is 0 Å². The molecule has 0 aromatic heterocycles. The summed E-state index contributed by atoms with van der Waals surface area (Å²) in [7, 11) is 2.15. The Morgan fingerprint density at radius 2 is 1.67 bits per heavy atom. The number of aliphatic carboxylic acids is 1. The number of carbonyl (C=O) groups is 1. The van der Waals surface area contributed by atoms with E-state index in [1.807, 2.05) is 24.3 Å². The Balaban J connectivity index is 1.88. The van der Waals surface area contributed by atoms with Crippen molar-refractivity contribution in [3.8, 4) is 0 Å². The second-order valence-corrected chi connectivity index (χ2v) is 4.97. The third-order valence-corrected chi connectivity index (χ3v) is 3.38. The van der Waals surface area contributed by atoms with Crippen molar-refractivity contribution in [1.82, 2.24) is 9.71 Å². The van der Waals surface area contributed by atoms with E-state index in [9.17, 15) is 4.79 Å². The van der Waals surface area contributed by atoms with Crippen LogP contribution in [0.1, 0.15) is 11.1 Å². The van der Waals surface area contributed by atoms with Crippen LogP contribution >= 0.6 is 0 Å². The van der Waals surface area contributed by atoms with E-state index in [-0.39, 0.29) is 6.42 Å². The highest BCUT2D eigenvalue weighted by molar-refractivity contribution is 6.04. The second kappa shape index (κ2) is 6.02. The molecule has 96 valence electrons. The van der Waals surface area contributed by atoms with Gasteiger partial charge in [0.15, 0.2) is 7.98 Å². The molecule has 0 aliphatic carbocycles. The number of rotatable bonds is 4. The molecule has 0 spiro atoms. The van der Waals surface area contributed by atoms with Crippen LogP contribution in [0, 0.1) is 0 Å². The highest BCUT2D eigenvalue weighted by Gasteiger charge is 2.13. The molecule has 0 amide bonds. The van der Waals surface area contributed by atoms with Crippen molar-refractivity contribution in [2.24, 2.45) is 0 Å². The summed E-state index contributed by atoms with van der Waals surface area (Å²) in [4.78, 5) is 15.4. The van der Waals surface area contributed by atoms with Crippen molar-refractivity contribution in [3.05, 3.63) is 35.4 Å². The van der Waals surface area contributed by atoms with Crippen molar-refractivity contribution < 1.29 is 9.90 Å². The van der Waals surface area contributed by atoms with Gasteiger partial charge >= 0.3 is 5.97 Å². The lowest BCUT2D eigenvalue weighted by atomic mass is 10.1. The van der Waals surface area contributed by atoms with Crippen LogP contribution in [-0.4, -0.2) is 54.9 Å². The minimum atomic E-state index is -0.776. The van der Waals surface area contributed by atoms with E-state index in [0.29, 0.717) is 0 Å². The van der Waals surface area contributed by atoms with Crippen molar-refractivity contribution in [1.29, 1.82) is 0 Å². The summed E-state index contributed by atoms with van der Waals surface area (Å²) in [6, 6.07) is 7.91. The van der Waals surface area contributed by atoms with Gasteiger partial charge in [0, 0.05) is 19.6 Å². The average Bonchev–Trinajstić information content (AvgIpc) is 2.34. The van der Waals surface area contributed by atoms with Gasteiger partial charge in [-0.3, -0.25) is 9.69 Å². The molecule has 2 rings (SSSR count). The summed E-state index contributed by atoms with van der Waals surface area (Å²) in [5, 5.41) is 8.71. The first kappa shape index (κ1) is 13.1. The lowest BCUT2D eigenvalue weighted by Crippen LogP contribution is -2.44. The van der Waals surface area contributed by atoms with Gasteiger partial charge in [0.05, 0.1) is 6.42 Å². The minimum Gasteiger partial charge on any atom is -0.481 e. The number of carboxylic acids is 1. The Labute approximate surface area is 109 Å². The van der Waals surface area contributed by atoms with E-state index in [1.165, 1.54) is 5.56 Å². The Bertz CT molecular complexity index is 400. The molecule has 0 unspecified atom stereocenters. The van der Waals surface area contributed by atoms with Gasteiger partial charge in [-0.1, -0.05) is 24.3 Å². The third kappa shape index (κ3) is 3.86. The van der Waals surface area contributed by atoms with E-state index < -0.39 is 5.97 Å². The van der Waals surface area contributed by atoms with Crippen molar-refractivity contribution in [2.45, 2.75) is 13.0 Å². The molecular formula is C13H19BN2O2. The molecule has 1 heterocycles. The quantitative estimate of drug-likeness (QED) is 0.758. The molecular weight excluding hydrogens is 227 g/mol. The number of benzene rings is 1. The number of hydrogen-bond donors (Lipinski definition) is 1. The molecule has 18 heavy (non-hydrogen) atoms. The van der Waals surface area contributed by atoms with Gasteiger partial charge in [0.2, 0.25) is 0 Å². The summed E-state index contributed by atoms with van der Waals surface area (Å²) in [5.41, 5.74) is 2.12. The zero-order chi connectivity index (χ0) is 13.0. The summed E-state index contributed by atoms with van der Waals surface area (Å²) < 4.78 is 0. The van der Waals surface area contributed by atoms with Crippen molar-refractivity contribution >= 4 is 14.0 Å². The smallest absolute Gasteiger partial charge is 0.307 e. The zero-order valence-corrected chi connectivity index (χ0v) is 10.8. The predicted molar refractivity (Wildman–Crippen MR) is 73.2 cm³/mol. The molecule has 0 saturated carbocycles. The molecule has 0 atom stereocenters. The topological polar surface area (TPSA) is 43.8 Å². The summed E-state index contributed by atoms with van der Waals surface area (Å²) >= 11 is 0. The molecule has 4 nitrogen and oxygen atoms in total. The maximum absolute atomic E-state index is 10.6. The fourth-order valence-electron chi connectivity index (χ4n) is 2.20. The second-order valence-electron chi connectivity index (χ2n) is 4.97. The molecule has 5 heteroatoms. The summed E-state index contributed by atoms with van der Waals surface area (Å²) in [6.45, 7) is 5.41. The first-order valence-corrected chi connectivity index (χ1v) is 6.34. The van der Waals surface area contributed by atoms with Crippen LogP contribution in [0.4, 0.5) is 0 Å². The maximum Gasteiger partial charge on any atom is 0.307 e. The monoisotopic (exact) mass is 246 g/mol. The normalized spacial score (nSPS) is 17.8. The lowest BCUT2D eigenvalue weighted by Gasteiger charge is -2.32. The van der Waals surface area contributed by atoms with Crippen molar-refractivity contribution in [3.63, 3.8) is 0 Å². The van der Waals surface area contributed by atoms with Gasteiger partial charge in [-0.2, -0.15) is 0 Å². The summed E-state index contributed by atoms with van der Waals surface area (Å²) in [5.74, 6) is -0.776. The van der Waals surface area contributed by atoms with E-state index in [2.05, 4.69) is 17.7 Å². The van der Waals surface area contributed by atoms with E-state index in [4.69, 9.17) is 5.11 Å². The maximum atomic E-state index is 10.6. The molecule has 1 aromatic rings. The zero-order valence-electron chi connectivity index (χ0n) is 10.8. The Hall–Kier alpha value is -1.33. The largest absolute Gasteiger partial charge is 0.481 e. The van der Waals surface area contributed by atoms with Gasteiger partial charge < -0.3 is 9.92 Å². The van der Waals surface area contributed by atoms with Crippen LogP contribution in [0.2, 0.25) is 0 Å². The van der Waals surface area contributed by atoms with Gasteiger partial charge in [-0.25, -0.2) is 0 Å². The number of hydrogen-bond acceptors (Lipinski definition) is 3. The molecule has 1 fully saturated rings.